The molecule has 0 atom stereocenters. The van der Waals surface area contributed by atoms with E-state index in [1.54, 1.807) is 7.11 Å². The van der Waals surface area contributed by atoms with Gasteiger partial charge in [-0.15, -0.1) is 0 Å². The third-order valence-electron chi connectivity index (χ3n) is 3.77. The minimum absolute atomic E-state index is 0.153. The van der Waals surface area contributed by atoms with Crippen LogP contribution < -0.4 is 4.74 Å². The van der Waals surface area contributed by atoms with E-state index in [1.165, 1.54) is 0 Å². The second-order valence-corrected chi connectivity index (χ2v) is 6.80. The van der Waals surface area contributed by atoms with Crippen molar-refractivity contribution in [3.63, 3.8) is 0 Å². The van der Waals surface area contributed by atoms with E-state index >= 15 is 0 Å². The van der Waals surface area contributed by atoms with Gasteiger partial charge in [0.2, 0.25) is 0 Å². The number of amides is 1. The Labute approximate surface area is 138 Å². The molecule has 1 heterocycles. The summed E-state index contributed by atoms with van der Waals surface area (Å²) in [5, 5.41) is 0. The van der Waals surface area contributed by atoms with Crippen molar-refractivity contribution >= 4 is 6.09 Å². The fourth-order valence-electron chi connectivity index (χ4n) is 2.59. The van der Waals surface area contributed by atoms with Crippen LogP contribution in [0.5, 0.6) is 5.75 Å². The van der Waals surface area contributed by atoms with Gasteiger partial charge < -0.3 is 19.1 Å². The molecule has 0 aliphatic carbocycles. The maximum absolute atomic E-state index is 12.6. The Morgan fingerprint density at radius 1 is 1.22 bits per heavy atom. The van der Waals surface area contributed by atoms with Crippen LogP contribution in [0.3, 0.4) is 0 Å². The lowest BCUT2D eigenvalue weighted by atomic mass is 10.1. The standard InChI is InChI=1S/C18H27NO4/c1-18(2,3)23-17(20)19(15-9-11-22-12-10-15)13-14-5-7-16(21-4)8-6-14/h5-8,15H,9-13H2,1-4H3. The van der Waals surface area contributed by atoms with Gasteiger partial charge in [0.15, 0.2) is 0 Å². The molecule has 23 heavy (non-hydrogen) atoms. The summed E-state index contributed by atoms with van der Waals surface area (Å²) in [4.78, 5) is 14.5. The summed E-state index contributed by atoms with van der Waals surface area (Å²) >= 11 is 0. The predicted molar refractivity (Wildman–Crippen MR) is 88.6 cm³/mol. The monoisotopic (exact) mass is 321 g/mol. The van der Waals surface area contributed by atoms with Gasteiger partial charge in [-0.3, -0.25) is 0 Å². The highest BCUT2D eigenvalue weighted by Crippen LogP contribution is 2.22. The number of methoxy groups -OCH3 is 1. The minimum atomic E-state index is -0.500. The lowest BCUT2D eigenvalue weighted by molar-refractivity contribution is -0.00808. The molecule has 2 rings (SSSR count). The van der Waals surface area contributed by atoms with Crippen molar-refractivity contribution < 1.29 is 19.0 Å². The molecule has 1 saturated heterocycles. The molecule has 0 radical (unpaired) electrons. The summed E-state index contributed by atoms with van der Waals surface area (Å²) in [5.41, 5.74) is 0.559. The van der Waals surface area contributed by atoms with Crippen LogP contribution in [-0.4, -0.2) is 43.0 Å². The first-order valence-corrected chi connectivity index (χ1v) is 8.09. The summed E-state index contributed by atoms with van der Waals surface area (Å²) in [6, 6.07) is 7.94. The predicted octanol–water partition coefficient (Wildman–Crippen LogP) is 3.61. The second-order valence-electron chi connectivity index (χ2n) is 6.80. The molecule has 0 unspecified atom stereocenters. The Morgan fingerprint density at radius 2 is 1.83 bits per heavy atom. The Kier molecular flexibility index (Phi) is 5.88. The van der Waals surface area contributed by atoms with E-state index in [2.05, 4.69) is 0 Å². The number of benzene rings is 1. The summed E-state index contributed by atoms with van der Waals surface area (Å²) < 4.78 is 16.2. The second kappa shape index (κ2) is 7.68. The first-order valence-electron chi connectivity index (χ1n) is 8.09. The number of ether oxygens (including phenoxy) is 3. The van der Waals surface area contributed by atoms with E-state index in [1.807, 2.05) is 49.9 Å². The van der Waals surface area contributed by atoms with Gasteiger partial charge in [-0.2, -0.15) is 0 Å². The van der Waals surface area contributed by atoms with Gasteiger partial charge in [-0.25, -0.2) is 4.79 Å². The molecular weight excluding hydrogens is 294 g/mol. The van der Waals surface area contributed by atoms with Crippen LogP contribution in [0.25, 0.3) is 0 Å². The van der Waals surface area contributed by atoms with E-state index in [4.69, 9.17) is 14.2 Å². The van der Waals surface area contributed by atoms with Gasteiger partial charge in [-0.05, 0) is 51.3 Å². The van der Waals surface area contributed by atoms with Gasteiger partial charge in [-0.1, -0.05) is 12.1 Å². The van der Waals surface area contributed by atoms with E-state index in [0.29, 0.717) is 19.8 Å². The van der Waals surface area contributed by atoms with Crippen LogP contribution in [-0.2, 0) is 16.0 Å². The largest absolute Gasteiger partial charge is 0.497 e. The molecule has 0 aromatic heterocycles. The van der Waals surface area contributed by atoms with Crippen LogP contribution in [0.15, 0.2) is 24.3 Å². The van der Waals surface area contributed by atoms with Crippen molar-refractivity contribution in [2.45, 2.75) is 51.8 Å². The number of carbonyl (C=O) groups is 1. The number of nitrogens with zero attached hydrogens (tertiary/aromatic N) is 1. The summed E-state index contributed by atoms with van der Waals surface area (Å²) in [6.07, 6.45) is 1.42. The third kappa shape index (κ3) is 5.43. The van der Waals surface area contributed by atoms with E-state index < -0.39 is 5.60 Å². The van der Waals surface area contributed by atoms with Crippen LogP contribution >= 0.6 is 0 Å². The molecule has 1 fully saturated rings. The van der Waals surface area contributed by atoms with Gasteiger partial charge in [0, 0.05) is 25.8 Å². The lowest BCUT2D eigenvalue weighted by Gasteiger charge is -2.35. The SMILES string of the molecule is COc1ccc(CN(C(=O)OC(C)(C)C)C2CCOCC2)cc1. The maximum atomic E-state index is 12.6. The fraction of sp³-hybridized carbons (Fsp3) is 0.611. The first kappa shape index (κ1) is 17.6. The molecule has 0 bridgehead atoms. The average Bonchev–Trinajstić information content (AvgIpc) is 2.52. The Balaban J connectivity index is 2.12. The molecule has 128 valence electrons. The number of hydrogen-bond acceptors (Lipinski definition) is 4. The van der Waals surface area contributed by atoms with Crippen molar-refractivity contribution in [2.75, 3.05) is 20.3 Å². The highest BCUT2D eigenvalue weighted by atomic mass is 16.6. The van der Waals surface area contributed by atoms with Gasteiger partial charge in [0.1, 0.15) is 11.4 Å². The number of rotatable bonds is 4. The van der Waals surface area contributed by atoms with E-state index in [0.717, 1.165) is 24.2 Å². The van der Waals surface area contributed by atoms with Crippen LogP contribution in [0, 0.1) is 0 Å². The molecule has 1 aliphatic rings. The summed E-state index contributed by atoms with van der Waals surface area (Å²) in [7, 11) is 1.64. The van der Waals surface area contributed by atoms with Crippen molar-refractivity contribution in [1.29, 1.82) is 0 Å². The van der Waals surface area contributed by atoms with Gasteiger partial charge in [0.05, 0.1) is 7.11 Å². The molecule has 5 nitrogen and oxygen atoms in total. The Bertz CT molecular complexity index is 501. The quantitative estimate of drug-likeness (QED) is 0.850. The molecule has 0 saturated carbocycles. The van der Waals surface area contributed by atoms with E-state index in [-0.39, 0.29) is 12.1 Å². The zero-order valence-corrected chi connectivity index (χ0v) is 14.5. The van der Waals surface area contributed by atoms with Crippen LogP contribution in [0.4, 0.5) is 4.79 Å². The summed E-state index contributed by atoms with van der Waals surface area (Å²) in [6.45, 7) is 7.57. The molecule has 0 spiro atoms. The lowest BCUT2D eigenvalue weighted by Crippen LogP contribution is -2.45. The van der Waals surface area contributed by atoms with Crippen molar-refractivity contribution in [1.82, 2.24) is 4.90 Å². The molecule has 1 aromatic rings. The number of carbonyl (C=O) groups excluding carboxylic acids is 1. The Morgan fingerprint density at radius 3 is 2.35 bits per heavy atom. The highest BCUT2D eigenvalue weighted by Gasteiger charge is 2.29. The van der Waals surface area contributed by atoms with Gasteiger partial charge in [0.25, 0.3) is 0 Å². The summed E-state index contributed by atoms with van der Waals surface area (Å²) in [5.74, 6) is 0.809. The molecule has 1 aliphatic heterocycles. The molecule has 0 N–H and O–H groups in total. The van der Waals surface area contributed by atoms with Crippen molar-refractivity contribution in [3.8, 4) is 5.75 Å². The smallest absolute Gasteiger partial charge is 0.410 e. The first-order chi connectivity index (χ1) is 10.9. The fourth-order valence-corrected chi connectivity index (χ4v) is 2.59. The van der Waals surface area contributed by atoms with Crippen LogP contribution in [0.2, 0.25) is 0 Å². The average molecular weight is 321 g/mol. The molecular formula is C18H27NO4. The zero-order chi connectivity index (χ0) is 16.9. The maximum Gasteiger partial charge on any atom is 0.410 e. The zero-order valence-electron chi connectivity index (χ0n) is 14.5. The normalized spacial score (nSPS) is 16.0. The molecule has 1 aromatic carbocycles. The topological polar surface area (TPSA) is 48.0 Å². The highest BCUT2D eigenvalue weighted by molar-refractivity contribution is 5.68. The minimum Gasteiger partial charge on any atom is -0.497 e. The third-order valence-corrected chi connectivity index (χ3v) is 3.77. The number of hydrogen-bond donors (Lipinski definition) is 0. The van der Waals surface area contributed by atoms with Crippen molar-refractivity contribution in [3.05, 3.63) is 29.8 Å². The van der Waals surface area contributed by atoms with E-state index in [9.17, 15) is 4.79 Å². The molecule has 5 heteroatoms. The van der Waals surface area contributed by atoms with Gasteiger partial charge >= 0.3 is 6.09 Å². The van der Waals surface area contributed by atoms with Crippen LogP contribution in [0.1, 0.15) is 39.2 Å². The van der Waals surface area contributed by atoms with Crippen molar-refractivity contribution in [2.24, 2.45) is 0 Å². The Hall–Kier alpha value is -1.75. The molecule has 1 amide bonds.